The number of primary amides is 1. The Bertz CT molecular complexity index is 938. The topological polar surface area (TPSA) is 76.2 Å². The predicted octanol–water partition coefficient (Wildman–Crippen LogP) is 2.90. The number of carbonyl (C=O) groups excluding carboxylic acids is 1. The van der Waals surface area contributed by atoms with Crippen LogP contribution in [-0.4, -0.2) is 22.1 Å². The monoisotopic (exact) mass is 330 g/mol. The Labute approximate surface area is 146 Å². The average Bonchev–Trinajstić information content (AvgIpc) is 2.97. The summed E-state index contributed by atoms with van der Waals surface area (Å²) in [4.78, 5) is 15.8. The Kier molecular flexibility index (Phi) is 3.82. The molecule has 3 aromatic rings. The molecule has 0 aliphatic heterocycles. The molecule has 3 N–H and O–H groups in total. The highest BCUT2D eigenvalue weighted by Crippen LogP contribution is 2.42. The zero-order valence-corrected chi connectivity index (χ0v) is 13.6. The molecule has 1 aromatic heterocycles. The van der Waals surface area contributed by atoms with Gasteiger partial charge in [0.2, 0.25) is 5.91 Å². The van der Waals surface area contributed by atoms with Crippen molar-refractivity contribution >= 4 is 5.91 Å². The van der Waals surface area contributed by atoms with Crippen LogP contribution >= 0.6 is 0 Å². The number of pyridine rings is 1. The van der Waals surface area contributed by atoms with Gasteiger partial charge in [-0.2, -0.15) is 0 Å². The second-order valence-electron chi connectivity index (χ2n) is 6.35. The van der Waals surface area contributed by atoms with Crippen LogP contribution in [-0.2, 0) is 6.42 Å². The molecule has 1 aliphatic rings. The molecule has 0 radical (unpaired) electrons. The lowest BCUT2D eigenvalue weighted by Crippen LogP contribution is -2.17. The standard InChI is InChI=1S/C21H18N2O2/c22-21(25)15-5-6-16(13-7-9-23-10-8-13)18(11-15)20-17-4-2-1-3-14(17)12-19(20)24/h1-11,19-20,24H,12H2,(H2,22,25)/t19-,20+/m0/s1. The maximum absolute atomic E-state index is 11.7. The van der Waals surface area contributed by atoms with E-state index in [1.165, 1.54) is 0 Å². The van der Waals surface area contributed by atoms with Crippen molar-refractivity contribution in [3.05, 3.63) is 89.2 Å². The molecule has 1 amide bonds. The number of aromatic nitrogens is 1. The second kappa shape index (κ2) is 6.15. The Hall–Kier alpha value is -2.98. The number of aliphatic hydroxyl groups is 1. The molecular formula is C21H18N2O2. The molecular weight excluding hydrogens is 312 g/mol. The third-order valence-electron chi connectivity index (χ3n) is 4.87. The number of rotatable bonds is 3. The third-order valence-corrected chi connectivity index (χ3v) is 4.87. The zero-order chi connectivity index (χ0) is 17.4. The summed E-state index contributed by atoms with van der Waals surface area (Å²) < 4.78 is 0. The van der Waals surface area contributed by atoms with Crippen molar-refractivity contribution in [1.82, 2.24) is 4.98 Å². The molecule has 0 saturated carbocycles. The van der Waals surface area contributed by atoms with E-state index in [0.29, 0.717) is 12.0 Å². The minimum absolute atomic E-state index is 0.182. The summed E-state index contributed by atoms with van der Waals surface area (Å²) in [5.41, 5.74) is 11.1. The molecule has 124 valence electrons. The Morgan fingerprint density at radius 1 is 1.04 bits per heavy atom. The van der Waals surface area contributed by atoms with Gasteiger partial charge in [-0.05, 0) is 58.5 Å². The van der Waals surface area contributed by atoms with E-state index < -0.39 is 12.0 Å². The van der Waals surface area contributed by atoms with Crippen LogP contribution in [0.4, 0.5) is 0 Å². The van der Waals surface area contributed by atoms with E-state index in [4.69, 9.17) is 5.73 Å². The minimum Gasteiger partial charge on any atom is -0.392 e. The Morgan fingerprint density at radius 3 is 2.56 bits per heavy atom. The second-order valence-corrected chi connectivity index (χ2v) is 6.35. The van der Waals surface area contributed by atoms with Gasteiger partial charge in [-0.3, -0.25) is 9.78 Å². The van der Waals surface area contributed by atoms with Gasteiger partial charge < -0.3 is 10.8 Å². The lowest BCUT2D eigenvalue weighted by Gasteiger charge is -2.21. The normalized spacial score (nSPS) is 18.8. The van der Waals surface area contributed by atoms with Crippen molar-refractivity contribution < 1.29 is 9.90 Å². The van der Waals surface area contributed by atoms with E-state index in [-0.39, 0.29) is 5.92 Å². The van der Waals surface area contributed by atoms with Crippen molar-refractivity contribution in [1.29, 1.82) is 0 Å². The first-order valence-electron chi connectivity index (χ1n) is 8.25. The largest absolute Gasteiger partial charge is 0.392 e. The van der Waals surface area contributed by atoms with Gasteiger partial charge >= 0.3 is 0 Å². The molecule has 2 atom stereocenters. The summed E-state index contributed by atoms with van der Waals surface area (Å²) in [6, 6.07) is 17.4. The number of nitrogens with zero attached hydrogens (tertiary/aromatic N) is 1. The van der Waals surface area contributed by atoms with Crippen molar-refractivity contribution in [3.8, 4) is 11.1 Å². The van der Waals surface area contributed by atoms with Crippen molar-refractivity contribution in [3.63, 3.8) is 0 Å². The highest BCUT2D eigenvalue weighted by molar-refractivity contribution is 5.94. The van der Waals surface area contributed by atoms with Crippen molar-refractivity contribution in [2.45, 2.75) is 18.4 Å². The zero-order valence-electron chi connectivity index (χ0n) is 13.6. The summed E-state index contributed by atoms with van der Waals surface area (Å²) in [6.45, 7) is 0. The van der Waals surface area contributed by atoms with Crippen LogP contribution < -0.4 is 5.73 Å². The molecule has 1 heterocycles. The van der Waals surface area contributed by atoms with Crippen LogP contribution in [0.5, 0.6) is 0 Å². The van der Waals surface area contributed by atoms with Crippen LogP contribution in [0.15, 0.2) is 67.0 Å². The molecule has 0 fully saturated rings. The number of benzene rings is 2. The van der Waals surface area contributed by atoms with E-state index in [1.807, 2.05) is 48.5 Å². The molecule has 0 bridgehead atoms. The van der Waals surface area contributed by atoms with E-state index in [9.17, 15) is 9.90 Å². The molecule has 0 spiro atoms. The smallest absolute Gasteiger partial charge is 0.248 e. The van der Waals surface area contributed by atoms with Crippen molar-refractivity contribution in [2.75, 3.05) is 0 Å². The first kappa shape index (κ1) is 15.5. The van der Waals surface area contributed by atoms with E-state index in [0.717, 1.165) is 27.8 Å². The van der Waals surface area contributed by atoms with Crippen LogP contribution in [0.2, 0.25) is 0 Å². The summed E-state index contributed by atoms with van der Waals surface area (Å²) >= 11 is 0. The number of amides is 1. The highest BCUT2D eigenvalue weighted by atomic mass is 16.3. The predicted molar refractivity (Wildman–Crippen MR) is 96.2 cm³/mol. The maximum Gasteiger partial charge on any atom is 0.248 e. The number of carbonyl (C=O) groups is 1. The van der Waals surface area contributed by atoms with Crippen LogP contribution in [0, 0.1) is 0 Å². The fourth-order valence-electron chi connectivity index (χ4n) is 3.72. The quantitative estimate of drug-likeness (QED) is 0.775. The lowest BCUT2D eigenvalue weighted by molar-refractivity contribution is 0.1000. The molecule has 2 aromatic carbocycles. The van der Waals surface area contributed by atoms with E-state index in [2.05, 4.69) is 4.98 Å². The fraction of sp³-hybridized carbons (Fsp3) is 0.143. The van der Waals surface area contributed by atoms with Gasteiger partial charge in [0.05, 0.1) is 6.10 Å². The Morgan fingerprint density at radius 2 is 1.80 bits per heavy atom. The first-order valence-corrected chi connectivity index (χ1v) is 8.25. The lowest BCUT2D eigenvalue weighted by atomic mass is 9.85. The van der Waals surface area contributed by atoms with Crippen LogP contribution in [0.25, 0.3) is 11.1 Å². The highest BCUT2D eigenvalue weighted by Gasteiger charge is 2.33. The van der Waals surface area contributed by atoms with E-state index >= 15 is 0 Å². The third kappa shape index (κ3) is 2.71. The number of nitrogens with two attached hydrogens (primary N) is 1. The van der Waals surface area contributed by atoms with Gasteiger partial charge in [-0.1, -0.05) is 30.3 Å². The number of hydrogen-bond acceptors (Lipinski definition) is 3. The van der Waals surface area contributed by atoms with Gasteiger partial charge in [0.1, 0.15) is 0 Å². The van der Waals surface area contributed by atoms with Crippen molar-refractivity contribution in [2.24, 2.45) is 5.73 Å². The maximum atomic E-state index is 11.7. The van der Waals surface area contributed by atoms with Gasteiger partial charge in [-0.15, -0.1) is 0 Å². The molecule has 25 heavy (non-hydrogen) atoms. The SMILES string of the molecule is NC(=O)c1ccc(-c2ccncc2)c([C@H]2c3ccccc3C[C@@H]2O)c1. The summed E-state index contributed by atoms with van der Waals surface area (Å²) in [5.74, 6) is -0.651. The van der Waals surface area contributed by atoms with Gasteiger partial charge in [0, 0.05) is 23.9 Å². The summed E-state index contributed by atoms with van der Waals surface area (Å²) in [7, 11) is 0. The fourth-order valence-corrected chi connectivity index (χ4v) is 3.72. The molecule has 0 unspecified atom stereocenters. The van der Waals surface area contributed by atoms with Crippen LogP contribution in [0.1, 0.15) is 33.0 Å². The van der Waals surface area contributed by atoms with Gasteiger partial charge in [-0.25, -0.2) is 0 Å². The summed E-state index contributed by atoms with van der Waals surface area (Å²) in [6.07, 6.45) is 3.55. The first-order chi connectivity index (χ1) is 12.1. The number of fused-ring (bicyclic) bond motifs is 1. The van der Waals surface area contributed by atoms with Gasteiger partial charge in [0.15, 0.2) is 0 Å². The molecule has 4 rings (SSSR count). The molecule has 4 nitrogen and oxygen atoms in total. The summed E-state index contributed by atoms with van der Waals surface area (Å²) in [5, 5.41) is 10.7. The Balaban J connectivity index is 1.93. The number of aliphatic hydroxyl groups excluding tert-OH is 1. The van der Waals surface area contributed by atoms with Crippen LogP contribution in [0.3, 0.4) is 0 Å². The molecule has 4 heteroatoms. The van der Waals surface area contributed by atoms with Gasteiger partial charge in [0.25, 0.3) is 0 Å². The molecule has 0 saturated heterocycles. The number of hydrogen-bond donors (Lipinski definition) is 2. The minimum atomic E-state index is -0.527. The molecule has 1 aliphatic carbocycles. The average molecular weight is 330 g/mol. The van der Waals surface area contributed by atoms with E-state index in [1.54, 1.807) is 18.5 Å².